The Kier molecular flexibility index (Phi) is 3.86. The first-order valence-electron chi connectivity index (χ1n) is 9.68. The van der Waals surface area contributed by atoms with Crippen LogP contribution in [0.15, 0.2) is 12.4 Å². The summed E-state index contributed by atoms with van der Waals surface area (Å²) < 4.78 is 13.5. The molecule has 4 fully saturated rings. The van der Waals surface area contributed by atoms with Crippen LogP contribution in [0.3, 0.4) is 0 Å². The molecule has 1 amide bonds. The van der Waals surface area contributed by atoms with Crippen molar-refractivity contribution >= 4 is 5.91 Å². The van der Waals surface area contributed by atoms with Crippen LogP contribution in [0.25, 0.3) is 0 Å². The van der Waals surface area contributed by atoms with E-state index < -0.39 is 0 Å². The van der Waals surface area contributed by atoms with Crippen LogP contribution in [0, 0.1) is 23.7 Å². The predicted octanol–water partition coefficient (Wildman–Crippen LogP) is 1.25. The molecule has 0 aromatic carbocycles. The molecule has 1 aromatic rings. The fourth-order valence-electron chi connectivity index (χ4n) is 4.70. The summed E-state index contributed by atoms with van der Waals surface area (Å²) >= 11 is 0. The van der Waals surface area contributed by atoms with E-state index in [-0.39, 0.29) is 18.1 Å². The minimum atomic E-state index is 0.151. The van der Waals surface area contributed by atoms with Crippen molar-refractivity contribution < 1.29 is 14.3 Å². The van der Waals surface area contributed by atoms with E-state index in [9.17, 15) is 4.79 Å². The number of fused-ring (bicyclic) bond motifs is 1. The van der Waals surface area contributed by atoms with Crippen LogP contribution in [-0.2, 0) is 27.7 Å². The number of carbonyl (C=O) groups excluding carboxylic acids is 1. The van der Waals surface area contributed by atoms with Crippen molar-refractivity contribution in [2.24, 2.45) is 30.7 Å². The first-order valence-corrected chi connectivity index (χ1v) is 9.68. The SMILES string of the molecule is Cn1cc(C[C@H]2[C@H](OCC3CC3)CCN2C(=O)C2[C@H]3COC[C@@H]23)cn1. The van der Waals surface area contributed by atoms with Gasteiger partial charge in [-0.15, -0.1) is 0 Å². The Bertz CT molecular complexity index is 646. The van der Waals surface area contributed by atoms with Gasteiger partial charge in [-0.2, -0.15) is 5.10 Å². The fraction of sp³-hybridized carbons (Fsp3) is 0.789. The molecule has 2 saturated carbocycles. The summed E-state index contributed by atoms with van der Waals surface area (Å²) in [6.07, 6.45) is 8.54. The maximum absolute atomic E-state index is 13.1. The van der Waals surface area contributed by atoms with Gasteiger partial charge in [-0.25, -0.2) is 0 Å². The molecule has 3 heterocycles. The van der Waals surface area contributed by atoms with E-state index in [2.05, 4.69) is 16.2 Å². The lowest BCUT2D eigenvalue weighted by Crippen LogP contribution is -2.43. The van der Waals surface area contributed by atoms with Crippen LogP contribution >= 0.6 is 0 Å². The average Bonchev–Trinajstić information content (AvgIpc) is 3.39. The van der Waals surface area contributed by atoms with Gasteiger partial charge in [0.25, 0.3) is 0 Å². The molecular formula is C19H27N3O3. The fourth-order valence-corrected chi connectivity index (χ4v) is 4.70. The largest absolute Gasteiger partial charge is 0.381 e. The second-order valence-electron chi connectivity index (χ2n) is 8.32. The van der Waals surface area contributed by atoms with Crippen molar-refractivity contribution in [1.82, 2.24) is 14.7 Å². The first kappa shape index (κ1) is 15.8. The van der Waals surface area contributed by atoms with Gasteiger partial charge in [0, 0.05) is 32.3 Å². The molecule has 6 nitrogen and oxygen atoms in total. The smallest absolute Gasteiger partial charge is 0.226 e. The molecule has 1 unspecified atom stereocenters. The minimum absolute atomic E-state index is 0.151. The topological polar surface area (TPSA) is 56.6 Å². The number of likely N-dealkylation sites (tertiary alicyclic amines) is 1. The van der Waals surface area contributed by atoms with Gasteiger partial charge in [0.2, 0.25) is 5.91 Å². The summed E-state index contributed by atoms with van der Waals surface area (Å²) in [6, 6.07) is 0.151. The number of aryl methyl sites for hydroxylation is 1. The number of ether oxygens (including phenoxy) is 2. The molecule has 6 heteroatoms. The van der Waals surface area contributed by atoms with Gasteiger partial charge in [0.15, 0.2) is 0 Å². The highest BCUT2D eigenvalue weighted by Gasteiger charge is 2.60. The van der Waals surface area contributed by atoms with E-state index in [0.717, 1.165) is 45.1 Å². The molecule has 0 spiro atoms. The van der Waals surface area contributed by atoms with E-state index in [1.54, 1.807) is 0 Å². The number of aromatic nitrogens is 2. The zero-order valence-corrected chi connectivity index (χ0v) is 14.8. The number of rotatable bonds is 6. The number of amides is 1. The number of nitrogens with zero attached hydrogens (tertiary/aromatic N) is 3. The van der Waals surface area contributed by atoms with Crippen LogP contribution in [0.5, 0.6) is 0 Å². The third-order valence-corrected chi connectivity index (χ3v) is 6.45. The second kappa shape index (κ2) is 6.09. The Hall–Kier alpha value is -1.40. The van der Waals surface area contributed by atoms with E-state index in [1.165, 1.54) is 18.4 Å². The quantitative estimate of drug-likeness (QED) is 0.779. The third kappa shape index (κ3) is 2.99. The Balaban J connectivity index is 1.30. The lowest BCUT2D eigenvalue weighted by molar-refractivity contribution is -0.136. The number of hydrogen-bond donors (Lipinski definition) is 0. The zero-order valence-electron chi connectivity index (χ0n) is 14.8. The van der Waals surface area contributed by atoms with Crippen molar-refractivity contribution in [3.8, 4) is 0 Å². The van der Waals surface area contributed by atoms with Crippen molar-refractivity contribution in [2.75, 3.05) is 26.4 Å². The molecule has 2 aliphatic heterocycles. The maximum atomic E-state index is 13.1. The van der Waals surface area contributed by atoms with Crippen molar-refractivity contribution in [3.63, 3.8) is 0 Å². The molecule has 5 rings (SSSR count). The van der Waals surface area contributed by atoms with Gasteiger partial charge < -0.3 is 14.4 Å². The summed E-state index contributed by atoms with van der Waals surface area (Å²) in [5, 5.41) is 4.29. The molecule has 1 aromatic heterocycles. The van der Waals surface area contributed by atoms with E-state index >= 15 is 0 Å². The molecule has 136 valence electrons. The van der Waals surface area contributed by atoms with Crippen LogP contribution in [-0.4, -0.2) is 59.1 Å². The molecule has 5 atom stereocenters. The first-order chi connectivity index (χ1) is 12.2. The molecular weight excluding hydrogens is 318 g/mol. The van der Waals surface area contributed by atoms with Crippen LogP contribution in [0.1, 0.15) is 24.8 Å². The average molecular weight is 345 g/mol. The van der Waals surface area contributed by atoms with Crippen molar-refractivity contribution in [1.29, 1.82) is 0 Å². The highest BCUT2D eigenvalue weighted by atomic mass is 16.5. The molecule has 2 aliphatic carbocycles. The van der Waals surface area contributed by atoms with Crippen LogP contribution < -0.4 is 0 Å². The maximum Gasteiger partial charge on any atom is 0.226 e. The minimum Gasteiger partial charge on any atom is -0.381 e. The lowest BCUT2D eigenvalue weighted by Gasteiger charge is -2.29. The summed E-state index contributed by atoms with van der Waals surface area (Å²) in [6.45, 7) is 3.22. The van der Waals surface area contributed by atoms with Gasteiger partial charge in [0.1, 0.15) is 0 Å². The van der Waals surface area contributed by atoms with E-state index in [1.807, 2.05) is 17.9 Å². The van der Waals surface area contributed by atoms with Gasteiger partial charge in [-0.05, 0) is 49.0 Å². The van der Waals surface area contributed by atoms with Gasteiger partial charge in [-0.3, -0.25) is 9.48 Å². The Morgan fingerprint density at radius 2 is 2.12 bits per heavy atom. The second-order valence-corrected chi connectivity index (χ2v) is 8.32. The van der Waals surface area contributed by atoms with Crippen LogP contribution in [0.4, 0.5) is 0 Å². The number of hydrogen-bond acceptors (Lipinski definition) is 4. The Morgan fingerprint density at radius 1 is 1.32 bits per heavy atom. The van der Waals surface area contributed by atoms with Crippen molar-refractivity contribution in [3.05, 3.63) is 18.0 Å². The van der Waals surface area contributed by atoms with Gasteiger partial charge >= 0.3 is 0 Å². The van der Waals surface area contributed by atoms with Crippen molar-refractivity contribution in [2.45, 2.75) is 37.8 Å². The standard InChI is InChI=1S/C19H27N3O3/c1-21-8-13(7-20-21)6-16-17(25-9-12-2-3-12)4-5-22(16)19(23)18-14-10-24-11-15(14)18/h7-8,12,14-18H,2-6,9-11H2,1H3/t14-,15+,16-,17+,18?/m0/s1. The van der Waals surface area contributed by atoms with Gasteiger partial charge in [-0.1, -0.05) is 0 Å². The molecule has 2 saturated heterocycles. The Labute approximate surface area is 148 Å². The monoisotopic (exact) mass is 345 g/mol. The number of carbonyl (C=O) groups is 1. The summed E-state index contributed by atoms with van der Waals surface area (Å²) in [5.74, 6) is 2.23. The zero-order chi connectivity index (χ0) is 17.0. The third-order valence-electron chi connectivity index (χ3n) is 6.45. The molecule has 0 radical (unpaired) electrons. The molecule has 0 bridgehead atoms. The molecule has 4 aliphatic rings. The summed E-state index contributed by atoms with van der Waals surface area (Å²) in [7, 11) is 1.94. The summed E-state index contributed by atoms with van der Waals surface area (Å²) in [5.41, 5.74) is 1.19. The Morgan fingerprint density at radius 3 is 2.80 bits per heavy atom. The highest BCUT2D eigenvalue weighted by molar-refractivity contribution is 5.83. The molecule has 0 N–H and O–H groups in total. The predicted molar refractivity (Wildman–Crippen MR) is 90.8 cm³/mol. The lowest BCUT2D eigenvalue weighted by atomic mass is 10.0. The summed E-state index contributed by atoms with van der Waals surface area (Å²) in [4.78, 5) is 15.2. The van der Waals surface area contributed by atoms with Gasteiger partial charge in [0.05, 0.1) is 31.6 Å². The van der Waals surface area contributed by atoms with E-state index in [4.69, 9.17) is 9.47 Å². The molecule has 25 heavy (non-hydrogen) atoms. The van der Waals surface area contributed by atoms with E-state index in [0.29, 0.717) is 17.7 Å². The normalized spacial score (nSPS) is 36.7. The van der Waals surface area contributed by atoms with Crippen LogP contribution in [0.2, 0.25) is 0 Å². The highest BCUT2D eigenvalue weighted by Crippen LogP contribution is 2.52.